The largest absolute Gasteiger partial charge is 0.0632 e. The molecule has 0 saturated heterocycles. The standard InChI is InChI=1S/C23H24.2C22H34.2C16H24.2C16H18.C13H20/c1-17-10-8-13-19(16-17)21-15-9-14-20(22(21)23(2,3)4)18-11-6-5-7-12-18;2*1-22(2,3)21-19(17-11-6-4-7-12-17)15-10-16-20(21)18-13-8-5-9-14-18;4*1-16(2,3)15-12-8-7-11-14(15)13-9-5-4-6-10-13;1-10(2)11-8-6-7-9-12(11)13(3,4)5/h5-16H,1-4H3;2*10,15-18H,4-9,11-14H2,1-3H3;2*7-8,11-13H,4-6,9-10H2,1-3H3;2*4-12H,1-3H3;6-10H,1-5H3/i5D,6D,7D,8D,10D,11D,12D,13D,16D;17D,18D;;13D;;4D,5D,6D,9D,10D;;. The van der Waals surface area contributed by atoms with E-state index in [2.05, 4.69) is 302 Å². The van der Waals surface area contributed by atoms with Gasteiger partial charge in [0.25, 0.3) is 0 Å². The quantitative estimate of drug-likeness (QED) is 0.121. The number of hydrogen-bond donors (Lipinski definition) is 0. The minimum Gasteiger partial charge on any atom is -0.0622 e. The third-order valence-corrected chi connectivity index (χ3v) is 30.2. The molecule has 6 saturated carbocycles. The summed E-state index contributed by atoms with van der Waals surface area (Å²) >= 11 is 0. The van der Waals surface area contributed by atoms with Crippen molar-refractivity contribution in [1.82, 2.24) is 0 Å². The van der Waals surface area contributed by atoms with Crippen LogP contribution >= 0.6 is 0 Å². The van der Waals surface area contributed by atoms with Gasteiger partial charge < -0.3 is 0 Å². The maximum atomic E-state index is 9.20. The molecule has 6 aliphatic carbocycles. The molecule has 0 spiro atoms. The van der Waals surface area contributed by atoms with Gasteiger partial charge in [-0.15, -0.1) is 0 Å². The summed E-state index contributed by atoms with van der Waals surface area (Å²) in [4.78, 5) is 0. The van der Waals surface area contributed by atoms with Gasteiger partial charge >= 0.3 is 0 Å². The summed E-state index contributed by atoms with van der Waals surface area (Å²) in [6.07, 6.45) is 38.3. The average molecular weight is 1940 g/mol. The highest BCUT2D eigenvalue weighted by atomic mass is 14.4. The Labute approximate surface area is 906 Å². The Hall–Kier alpha value is -9.36. The molecule has 18 rings (SSSR count). The molecule has 0 nitrogen and oxygen atoms in total. The molecule has 0 unspecified atom stereocenters. The van der Waals surface area contributed by atoms with Crippen molar-refractivity contribution in [3.63, 3.8) is 0 Å². The molecule has 0 N–H and O–H groups in total. The zero-order valence-corrected chi connectivity index (χ0v) is 94.7. The van der Waals surface area contributed by atoms with Crippen LogP contribution < -0.4 is 0 Å². The molecule has 12 aromatic carbocycles. The average Bonchev–Trinajstić information content (AvgIpc) is 0.736. The first-order valence-corrected chi connectivity index (χ1v) is 55.9. The highest BCUT2D eigenvalue weighted by molar-refractivity contribution is 5.81. The molecular weight excluding hydrogens is 1730 g/mol. The van der Waals surface area contributed by atoms with Crippen molar-refractivity contribution >= 4 is 0 Å². The van der Waals surface area contributed by atoms with Crippen molar-refractivity contribution in [2.24, 2.45) is 0 Å². The molecule has 0 radical (unpaired) electrons. The van der Waals surface area contributed by atoms with Crippen molar-refractivity contribution in [2.75, 3.05) is 0 Å². The fourth-order valence-electron chi connectivity index (χ4n) is 23.2. The molecule has 144 heavy (non-hydrogen) atoms. The van der Waals surface area contributed by atoms with Crippen molar-refractivity contribution in [1.29, 1.82) is 0 Å². The summed E-state index contributed by atoms with van der Waals surface area (Å²) in [5, 5.41) is 0. The van der Waals surface area contributed by atoms with Gasteiger partial charge in [-0.25, -0.2) is 0 Å². The van der Waals surface area contributed by atoms with Crippen LogP contribution in [-0.2, 0) is 43.3 Å². The van der Waals surface area contributed by atoms with Gasteiger partial charge in [0.2, 0.25) is 0 Å². The molecule has 0 atom stereocenters. The van der Waals surface area contributed by atoms with E-state index in [0.717, 1.165) is 61.8 Å². The molecule has 0 heterocycles. The van der Waals surface area contributed by atoms with Crippen LogP contribution in [0.5, 0.6) is 0 Å². The topological polar surface area (TPSA) is 0 Å². The van der Waals surface area contributed by atoms with Gasteiger partial charge in [0.15, 0.2) is 0 Å². The van der Waals surface area contributed by atoms with E-state index >= 15 is 0 Å². The first-order chi connectivity index (χ1) is 75.2. The minimum absolute atomic E-state index is 0.0110. The third-order valence-electron chi connectivity index (χ3n) is 30.2. The maximum absolute atomic E-state index is 9.20. The smallest absolute Gasteiger partial charge is 0.0622 e. The summed E-state index contributed by atoms with van der Waals surface area (Å²) < 4.78 is 141. The number of hydrogen-bond acceptors (Lipinski definition) is 0. The van der Waals surface area contributed by atoms with Crippen molar-refractivity contribution < 1.29 is 23.3 Å². The molecule has 772 valence electrons. The summed E-state index contributed by atoms with van der Waals surface area (Å²) in [7, 11) is 0. The van der Waals surface area contributed by atoms with E-state index in [1.807, 2.05) is 65.8 Å². The molecule has 6 fully saturated rings. The zero-order valence-electron chi connectivity index (χ0n) is 112. The van der Waals surface area contributed by atoms with Gasteiger partial charge in [-0.2, -0.15) is 0 Å². The summed E-state index contributed by atoms with van der Waals surface area (Å²) in [6, 6.07) is 68.1. The highest BCUT2D eigenvalue weighted by Gasteiger charge is 2.35. The fourth-order valence-corrected chi connectivity index (χ4v) is 23.2. The first kappa shape index (κ1) is 92.0. The highest BCUT2D eigenvalue weighted by Crippen LogP contribution is 2.50. The Morgan fingerprint density at radius 3 is 0.868 bits per heavy atom. The molecule has 6 aliphatic rings. The lowest BCUT2D eigenvalue weighted by Crippen LogP contribution is -2.22. The van der Waals surface area contributed by atoms with Gasteiger partial charge in [-0.05, 0) is 297 Å². The monoisotopic (exact) mass is 1940 g/mol. The predicted octanol–water partition coefficient (Wildman–Crippen LogP) is 44.3. The molecule has 12 aromatic rings. The molecule has 0 heteroatoms. The van der Waals surface area contributed by atoms with E-state index in [1.54, 1.807) is 52.9 Å². The Kier molecular flexibility index (Phi) is 34.2. The van der Waals surface area contributed by atoms with E-state index in [1.165, 1.54) is 210 Å². The molecule has 0 bridgehead atoms. The first-order valence-electron chi connectivity index (χ1n) is 64.4. The molecule has 0 aliphatic heterocycles. The van der Waals surface area contributed by atoms with Gasteiger partial charge in [0.05, 0.1) is 19.2 Å². The Bertz CT molecular complexity index is 6610. The Morgan fingerprint density at radius 1 is 0.215 bits per heavy atom. The van der Waals surface area contributed by atoms with Crippen LogP contribution in [0.15, 0.2) is 291 Å². The molecular formula is C144H196. The second-order valence-electron chi connectivity index (χ2n) is 50.6. The maximum Gasteiger partial charge on any atom is 0.0632 e. The van der Waals surface area contributed by atoms with Gasteiger partial charge in [-0.3, -0.25) is 0 Å². The second-order valence-corrected chi connectivity index (χ2v) is 50.6. The van der Waals surface area contributed by atoms with Crippen molar-refractivity contribution in [3.05, 3.63) is 380 Å². The van der Waals surface area contributed by atoms with E-state index in [-0.39, 0.29) is 133 Å². The lowest BCUT2D eigenvalue weighted by Gasteiger charge is -2.35. The normalized spacial score (nSPS) is 18.7. The molecule has 0 aromatic heterocycles. The van der Waals surface area contributed by atoms with E-state index < -0.39 is 35.3 Å². The lowest BCUT2D eigenvalue weighted by molar-refractivity contribution is 0.420. The number of benzene rings is 12. The van der Waals surface area contributed by atoms with Crippen LogP contribution in [0.1, 0.15) is 526 Å². The van der Waals surface area contributed by atoms with Gasteiger partial charge in [-0.1, -0.05) is 592 Å². The molecule has 0 amide bonds. The van der Waals surface area contributed by atoms with E-state index in [0.29, 0.717) is 28.2 Å². The van der Waals surface area contributed by atoms with Crippen LogP contribution in [0, 0.1) is 6.92 Å². The lowest BCUT2D eigenvalue weighted by atomic mass is 9.70. The zero-order chi connectivity index (χ0) is 119. The Balaban J connectivity index is 0.000000175. The van der Waals surface area contributed by atoms with Crippen LogP contribution in [0.4, 0.5) is 0 Å². The third kappa shape index (κ3) is 33.6. The van der Waals surface area contributed by atoms with Crippen molar-refractivity contribution in [2.45, 2.75) is 464 Å². The van der Waals surface area contributed by atoms with Gasteiger partial charge in [0, 0.05) is 4.11 Å². The summed E-state index contributed by atoms with van der Waals surface area (Å²) in [6.45, 7) is 59.4. The summed E-state index contributed by atoms with van der Waals surface area (Å²) in [5.74, 6) is 1.88. The van der Waals surface area contributed by atoms with Crippen molar-refractivity contribution in [3.8, 4) is 44.5 Å². The fraction of sp³-hybridized carbons (Fsp3) is 0.500. The Morgan fingerprint density at radius 2 is 0.486 bits per heavy atom. The minimum atomic E-state index is -0.594. The van der Waals surface area contributed by atoms with E-state index in [4.69, 9.17) is 20.6 Å². The van der Waals surface area contributed by atoms with E-state index in [9.17, 15) is 2.74 Å². The predicted molar refractivity (Wildman–Crippen MR) is 637 cm³/mol. The second kappa shape index (κ2) is 53.5. The SMILES string of the molecule is CC(C)(C)c1c(C2CCCCC2)cccc1C1CCCCC1.CC(C)(C)c1ccccc1-c1ccccc1.CC(C)(C)c1ccccc1C1CCCCC1.CC(C)c1ccccc1C(C)(C)C.[2H]C1(c2cccc(C3([2H])CCCCC3)c2C(C)(C)C)CCCCC1.[2H]C1(c2ccccc2C(C)(C)C)CCCCC1.[2H]c1c([2H])c([2H])c(-c2cccc(-c3c([2H])c([2H])c([2H])c(C)c3[2H])c2C(C)(C)C)c([2H])c1[2H].[2H]c1c([2H])c([2H])c(-c2ccccc2C(C)(C)C)c([2H])c1[2H]. The van der Waals surface area contributed by atoms with Crippen LogP contribution in [-0.4, -0.2) is 0 Å². The number of rotatable bonds is 11. The summed E-state index contributed by atoms with van der Waals surface area (Å²) in [5.41, 5.74) is 26.1. The van der Waals surface area contributed by atoms with Crippen LogP contribution in [0.25, 0.3) is 44.5 Å². The van der Waals surface area contributed by atoms with Crippen LogP contribution in [0.2, 0.25) is 0 Å². The van der Waals surface area contributed by atoms with Crippen LogP contribution in [0.3, 0.4) is 0 Å². The van der Waals surface area contributed by atoms with Gasteiger partial charge in [0.1, 0.15) is 0 Å².